The number of benzene rings is 3. The number of nitrogens with zero attached hydrogens (tertiary/aromatic N) is 1. The number of oxazole rings is 1. The molecule has 0 radical (unpaired) electrons. The Morgan fingerprint density at radius 2 is 1.83 bits per heavy atom. The van der Waals surface area contributed by atoms with Gasteiger partial charge in [-0.1, -0.05) is 53.5 Å². The van der Waals surface area contributed by atoms with Gasteiger partial charge in [0.05, 0.1) is 0 Å². The van der Waals surface area contributed by atoms with Gasteiger partial charge in [0.25, 0.3) is 0 Å². The predicted molar refractivity (Wildman–Crippen MR) is 117 cm³/mol. The van der Waals surface area contributed by atoms with E-state index in [-0.39, 0.29) is 5.91 Å². The highest BCUT2D eigenvalue weighted by Crippen LogP contribution is 2.24. The third-order valence-electron chi connectivity index (χ3n) is 4.34. The number of nitrogens with one attached hydrogen (secondary N) is 1. The van der Waals surface area contributed by atoms with Crippen LogP contribution in [-0.4, -0.2) is 10.9 Å². The van der Waals surface area contributed by atoms with Gasteiger partial charge in [0.15, 0.2) is 5.58 Å². The molecule has 4 nitrogen and oxygen atoms in total. The molecule has 0 saturated carbocycles. The summed E-state index contributed by atoms with van der Waals surface area (Å²) >= 11 is 12.0. The highest BCUT2D eigenvalue weighted by molar-refractivity contribution is 6.35. The number of amides is 1. The van der Waals surface area contributed by atoms with E-state index in [0.29, 0.717) is 22.5 Å². The van der Waals surface area contributed by atoms with Crippen LogP contribution >= 0.6 is 23.2 Å². The van der Waals surface area contributed by atoms with E-state index < -0.39 is 0 Å². The van der Waals surface area contributed by atoms with Crippen LogP contribution in [0.25, 0.3) is 28.6 Å². The fraction of sp³-hybridized carbons (Fsp3) is 0.0435. The van der Waals surface area contributed by atoms with Crippen molar-refractivity contribution in [1.29, 1.82) is 0 Å². The van der Waals surface area contributed by atoms with E-state index in [9.17, 15) is 4.79 Å². The number of hydrogen-bond acceptors (Lipinski definition) is 3. The van der Waals surface area contributed by atoms with Crippen LogP contribution in [0.4, 0.5) is 0 Å². The van der Waals surface area contributed by atoms with Crippen molar-refractivity contribution < 1.29 is 9.21 Å². The number of para-hydroxylation sites is 2. The molecule has 1 amide bonds. The van der Waals surface area contributed by atoms with Crippen LogP contribution in [0.3, 0.4) is 0 Å². The van der Waals surface area contributed by atoms with Crippen molar-refractivity contribution in [3.8, 4) is 11.5 Å². The normalized spacial score (nSPS) is 11.2. The highest BCUT2D eigenvalue weighted by Gasteiger charge is 2.07. The smallest absolute Gasteiger partial charge is 0.244 e. The van der Waals surface area contributed by atoms with Crippen molar-refractivity contribution in [2.45, 2.75) is 6.54 Å². The first kappa shape index (κ1) is 19.2. The van der Waals surface area contributed by atoms with Crippen LogP contribution in [0.2, 0.25) is 10.0 Å². The maximum absolute atomic E-state index is 12.1. The Labute approximate surface area is 177 Å². The molecule has 0 fully saturated rings. The van der Waals surface area contributed by atoms with Gasteiger partial charge in [-0.2, -0.15) is 0 Å². The molecule has 4 rings (SSSR count). The van der Waals surface area contributed by atoms with Gasteiger partial charge in [0, 0.05) is 28.2 Å². The third-order valence-corrected chi connectivity index (χ3v) is 4.90. The maximum atomic E-state index is 12.1. The summed E-state index contributed by atoms with van der Waals surface area (Å²) in [6.07, 6.45) is 3.10. The summed E-state index contributed by atoms with van der Waals surface area (Å²) < 4.78 is 5.77. The summed E-state index contributed by atoms with van der Waals surface area (Å²) in [5.41, 5.74) is 4.16. The lowest BCUT2D eigenvalue weighted by Crippen LogP contribution is -2.20. The van der Waals surface area contributed by atoms with Crippen LogP contribution in [0.1, 0.15) is 11.1 Å². The second-order valence-electron chi connectivity index (χ2n) is 6.40. The quantitative estimate of drug-likeness (QED) is 0.393. The molecule has 0 atom stereocenters. The fourth-order valence-corrected chi connectivity index (χ4v) is 3.28. The molecule has 0 aliphatic carbocycles. The topological polar surface area (TPSA) is 55.1 Å². The number of carbonyl (C=O) groups is 1. The molecule has 3 aromatic carbocycles. The van der Waals surface area contributed by atoms with E-state index in [1.165, 1.54) is 6.08 Å². The average molecular weight is 423 g/mol. The molecule has 0 bridgehead atoms. The van der Waals surface area contributed by atoms with Gasteiger partial charge in [-0.25, -0.2) is 4.98 Å². The Bertz CT molecular complexity index is 1160. The summed E-state index contributed by atoms with van der Waals surface area (Å²) in [5.74, 6) is 0.364. The minimum absolute atomic E-state index is 0.209. The molecular weight excluding hydrogens is 407 g/mol. The maximum Gasteiger partial charge on any atom is 0.244 e. The number of rotatable bonds is 5. The van der Waals surface area contributed by atoms with Crippen molar-refractivity contribution in [3.05, 3.63) is 94.0 Å². The predicted octanol–water partition coefficient (Wildman–Crippen LogP) is 6.13. The Hall–Kier alpha value is -3.08. The second-order valence-corrected chi connectivity index (χ2v) is 7.24. The van der Waals surface area contributed by atoms with Gasteiger partial charge >= 0.3 is 0 Å². The molecule has 0 unspecified atom stereocenters. The molecule has 0 aliphatic heterocycles. The second kappa shape index (κ2) is 8.52. The average Bonchev–Trinajstić information content (AvgIpc) is 3.16. The molecule has 1 heterocycles. The first-order valence-electron chi connectivity index (χ1n) is 8.94. The van der Waals surface area contributed by atoms with Gasteiger partial charge in [-0.3, -0.25) is 4.79 Å². The van der Waals surface area contributed by atoms with E-state index >= 15 is 0 Å². The van der Waals surface area contributed by atoms with Crippen molar-refractivity contribution in [3.63, 3.8) is 0 Å². The van der Waals surface area contributed by atoms with Crippen LogP contribution in [0.15, 0.2) is 77.2 Å². The Morgan fingerprint density at radius 1 is 1.03 bits per heavy atom. The van der Waals surface area contributed by atoms with E-state index in [1.807, 2.05) is 48.5 Å². The van der Waals surface area contributed by atoms with Crippen molar-refractivity contribution in [2.24, 2.45) is 0 Å². The molecule has 0 spiro atoms. The molecule has 0 saturated heterocycles. The minimum atomic E-state index is -0.209. The van der Waals surface area contributed by atoms with Gasteiger partial charge in [-0.15, -0.1) is 0 Å². The van der Waals surface area contributed by atoms with Gasteiger partial charge in [-0.05, 0) is 53.6 Å². The molecular formula is C23H16Cl2N2O2. The molecule has 144 valence electrons. The van der Waals surface area contributed by atoms with Gasteiger partial charge < -0.3 is 9.73 Å². The number of fused-ring (bicyclic) bond motifs is 1. The summed E-state index contributed by atoms with van der Waals surface area (Å²) in [5, 5.41) is 3.90. The first-order valence-corrected chi connectivity index (χ1v) is 9.70. The minimum Gasteiger partial charge on any atom is -0.436 e. The monoisotopic (exact) mass is 422 g/mol. The molecule has 1 aromatic heterocycles. The molecule has 4 aromatic rings. The zero-order valence-electron chi connectivity index (χ0n) is 15.2. The van der Waals surface area contributed by atoms with Crippen molar-refractivity contribution in [2.75, 3.05) is 0 Å². The third kappa shape index (κ3) is 4.67. The Morgan fingerprint density at radius 3 is 2.59 bits per heavy atom. The number of aromatic nitrogens is 1. The summed E-state index contributed by atoms with van der Waals surface area (Å²) in [6, 6.07) is 20.5. The molecule has 1 N–H and O–H groups in total. The van der Waals surface area contributed by atoms with Crippen LogP contribution in [0.5, 0.6) is 0 Å². The first-order chi connectivity index (χ1) is 14.1. The number of carbonyl (C=O) groups excluding carboxylic acids is 1. The standard InChI is InChI=1S/C23H16Cl2N2O2/c24-18-11-9-16(19(25)13-18)10-12-22(28)26-14-15-5-7-17(8-6-15)23-27-20-3-1-2-4-21(20)29-23/h1-13H,14H2,(H,26,28). The van der Waals surface area contributed by atoms with Gasteiger partial charge in [0.2, 0.25) is 11.8 Å². The SMILES string of the molecule is O=C(C=Cc1ccc(Cl)cc1Cl)NCc1ccc(-c2nc3ccccc3o2)cc1. The molecule has 29 heavy (non-hydrogen) atoms. The summed E-state index contributed by atoms with van der Waals surface area (Å²) in [7, 11) is 0. The zero-order chi connectivity index (χ0) is 20.2. The van der Waals surface area contributed by atoms with Crippen molar-refractivity contribution in [1.82, 2.24) is 10.3 Å². The van der Waals surface area contributed by atoms with E-state index in [0.717, 1.165) is 27.8 Å². The van der Waals surface area contributed by atoms with E-state index in [1.54, 1.807) is 24.3 Å². The van der Waals surface area contributed by atoms with E-state index in [4.69, 9.17) is 27.6 Å². The lowest BCUT2D eigenvalue weighted by molar-refractivity contribution is -0.116. The summed E-state index contributed by atoms with van der Waals surface area (Å²) in [6.45, 7) is 0.408. The number of hydrogen-bond donors (Lipinski definition) is 1. The largest absolute Gasteiger partial charge is 0.436 e. The summed E-state index contributed by atoms with van der Waals surface area (Å²) in [4.78, 5) is 16.6. The lowest BCUT2D eigenvalue weighted by atomic mass is 10.1. The van der Waals surface area contributed by atoms with E-state index in [2.05, 4.69) is 10.3 Å². The van der Waals surface area contributed by atoms with Gasteiger partial charge in [0.1, 0.15) is 5.52 Å². The fourth-order valence-electron chi connectivity index (χ4n) is 2.81. The number of halogens is 2. The highest BCUT2D eigenvalue weighted by atomic mass is 35.5. The molecule has 0 aliphatic rings. The van der Waals surface area contributed by atoms with Crippen LogP contribution in [0, 0.1) is 0 Å². The van der Waals surface area contributed by atoms with Crippen LogP contribution in [-0.2, 0) is 11.3 Å². The molecule has 6 heteroatoms. The van der Waals surface area contributed by atoms with Crippen LogP contribution < -0.4 is 5.32 Å². The lowest BCUT2D eigenvalue weighted by Gasteiger charge is -2.04. The van der Waals surface area contributed by atoms with Crippen molar-refractivity contribution >= 4 is 46.3 Å². The Kier molecular flexibility index (Phi) is 5.65. The Balaban J connectivity index is 1.37. The zero-order valence-corrected chi connectivity index (χ0v) is 16.7.